The monoisotopic (exact) mass is 310 g/mol. The lowest BCUT2D eigenvalue weighted by atomic mass is 10.1. The van der Waals surface area contributed by atoms with E-state index in [9.17, 15) is 4.79 Å². The molecule has 0 saturated carbocycles. The molecule has 0 spiro atoms. The fourth-order valence-electron chi connectivity index (χ4n) is 1.50. The molecule has 0 atom stereocenters. The van der Waals surface area contributed by atoms with E-state index in [0.717, 1.165) is 9.35 Å². The lowest BCUT2D eigenvalue weighted by Crippen LogP contribution is -2.03. The molecule has 0 aliphatic heterocycles. The molecule has 1 aromatic heterocycles. The molecule has 0 N–H and O–H groups in total. The number of ether oxygens (including phenoxy) is 1. The van der Waals surface area contributed by atoms with Crippen LogP contribution >= 0.6 is 27.3 Å². The van der Waals surface area contributed by atoms with Crippen LogP contribution in [-0.4, -0.2) is 12.4 Å². The molecule has 0 saturated heterocycles. The highest BCUT2D eigenvalue weighted by Crippen LogP contribution is 2.27. The Bertz CT molecular complexity index is 520. The van der Waals surface area contributed by atoms with Gasteiger partial charge in [0.05, 0.1) is 17.0 Å². The highest BCUT2D eigenvalue weighted by Gasteiger charge is 2.15. The second-order valence-electron chi connectivity index (χ2n) is 3.38. The summed E-state index contributed by atoms with van der Waals surface area (Å²) in [5, 5.41) is 1.89. The molecule has 1 aromatic carbocycles. The van der Waals surface area contributed by atoms with Gasteiger partial charge in [0.2, 0.25) is 5.78 Å². The number of carbonyl (C=O) groups is 1. The molecule has 0 unspecified atom stereocenters. The van der Waals surface area contributed by atoms with Gasteiger partial charge in [-0.15, -0.1) is 11.3 Å². The first-order valence-corrected chi connectivity index (χ1v) is 6.90. The van der Waals surface area contributed by atoms with Crippen LogP contribution in [0.3, 0.4) is 0 Å². The van der Waals surface area contributed by atoms with Crippen molar-refractivity contribution < 1.29 is 9.53 Å². The molecule has 0 amide bonds. The van der Waals surface area contributed by atoms with Crippen molar-refractivity contribution >= 4 is 33.0 Å². The molecule has 4 heteroatoms. The van der Waals surface area contributed by atoms with Crippen LogP contribution < -0.4 is 4.74 Å². The topological polar surface area (TPSA) is 26.3 Å². The van der Waals surface area contributed by atoms with E-state index in [2.05, 4.69) is 15.9 Å². The van der Waals surface area contributed by atoms with Crippen LogP contribution in [0, 0.1) is 0 Å². The molecule has 2 aromatic rings. The first-order valence-electron chi connectivity index (χ1n) is 5.23. The van der Waals surface area contributed by atoms with Gasteiger partial charge in [0, 0.05) is 4.47 Å². The van der Waals surface area contributed by atoms with Crippen LogP contribution in [0.1, 0.15) is 22.2 Å². The van der Waals surface area contributed by atoms with Crippen molar-refractivity contribution in [3.63, 3.8) is 0 Å². The van der Waals surface area contributed by atoms with E-state index in [1.807, 2.05) is 36.6 Å². The number of rotatable bonds is 4. The molecule has 17 heavy (non-hydrogen) atoms. The minimum absolute atomic E-state index is 0.00440. The number of ketones is 1. The van der Waals surface area contributed by atoms with E-state index in [-0.39, 0.29) is 5.78 Å². The maximum atomic E-state index is 12.3. The highest BCUT2D eigenvalue weighted by molar-refractivity contribution is 9.10. The fourth-order valence-corrected chi connectivity index (χ4v) is 2.54. The third-order valence-corrected chi connectivity index (χ3v) is 3.59. The van der Waals surface area contributed by atoms with Crippen LogP contribution in [0.15, 0.2) is 40.2 Å². The molecule has 0 fully saturated rings. The van der Waals surface area contributed by atoms with Crippen LogP contribution in [-0.2, 0) is 0 Å². The highest BCUT2D eigenvalue weighted by atomic mass is 79.9. The maximum absolute atomic E-state index is 12.3. The zero-order valence-corrected chi connectivity index (χ0v) is 11.7. The van der Waals surface area contributed by atoms with Crippen molar-refractivity contribution in [3.8, 4) is 5.75 Å². The summed E-state index contributed by atoms with van der Waals surface area (Å²) in [6.07, 6.45) is 0. The molecule has 0 aliphatic rings. The second-order valence-corrected chi connectivity index (χ2v) is 5.24. The van der Waals surface area contributed by atoms with Gasteiger partial charge < -0.3 is 4.74 Å². The zero-order chi connectivity index (χ0) is 12.3. The van der Waals surface area contributed by atoms with E-state index in [1.54, 1.807) is 6.07 Å². The first kappa shape index (κ1) is 12.3. The van der Waals surface area contributed by atoms with E-state index >= 15 is 0 Å². The quantitative estimate of drug-likeness (QED) is 0.793. The predicted octanol–water partition coefficient (Wildman–Crippen LogP) is 4.14. The Hall–Kier alpha value is -1.13. The summed E-state index contributed by atoms with van der Waals surface area (Å²) < 4.78 is 6.35. The van der Waals surface area contributed by atoms with E-state index in [1.165, 1.54) is 11.3 Å². The van der Waals surface area contributed by atoms with E-state index in [4.69, 9.17) is 4.74 Å². The van der Waals surface area contributed by atoms with Gasteiger partial charge in [-0.2, -0.15) is 0 Å². The van der Waals surface area contributed by atoms with Gasteiger partial charge in [0.25, 0.3) is 0 Å². The molecule has 0 radical (unpaired) electrons. The SMILES string of the molecule is CCOc1ccc(Br)cc1C(=O)c1cccs1. The van der Waals surface area contributed by atoms with Crippen molar-refractivity contribution in [3.05, 3.63) is 50.6 Å². The van der Waals surface area contributed by atoms with Gasteiger partial charge in [-0.3, -0.25) is 4.79 Å². The average Bonchev–Trinajstić information content (AvgIpc) is 2.84. The first-order chi connectivity index (χ1) is 8.22. The summed E-state index contributed by atoms with van der Waals surface area (Å²) in [5.41, 5.74) is 0.601. The summed E-state index contributed by atoms with van der Waals surface area (Å²) >= 11 is 4.81. The molecule has 1 heterocycles. The summed E-state index contributed by atoms with van der Waals surface area (Å²) in [6.45, 7) is 2.45. The Morgan fingerprint density at radius 2 is 2.24 bits per heavy atom. The fraction of sp³-hybridized carbons (Fsp3) is 0.154. The van der Waals surface area contributed by atoms with Gasteiger partial charge >= 0.3 is 0 Å². The minimum Gasteiger partial charge on any atom is -0.493 e. The van der Waals surface area contributed by atoms with Gasteiger partial charge in [0.1, 0.15) is 5.75 Å². The van der Waals surface area contributed by atoms with E-state index in [0.29, 0.717) is 17.9 Å². The molecule has 2 rings (SSSR count). The largest absolute Gasteiger partial charge is 0.493 e. The Labute approximate surface area is 112 Å². The normalized spacial score (nSPS) is 10.2. The zero-order valence-electron chi connectivity index (χ0n) is 9.27. The van der Waals surface area contributed by atoms with Gasteiger partial charge in [-0.05, 0) is 36.6 Å². The summed E-state index contributed by atoms with van der Waals surface area (Å²) in [5.74, 6) is 0.638. The smallest absolute Gasteiger partial charge is 0.206 e. The van der Waals surface area contributed by atoms with Crippen molar-refractivity contribution in [2.75, 3.05) is 6.61 Å². The van der Waals surface area contributed by atoms with Crippen LogP contribution in [0.2, 0.25) is 0 Å². The standard InChI is InChI=1S/C13H11BrO2S/c1-2-16-11-6-5-9(14)8-10(11)13(15)12-4-3-7-17-12/h3-8H,2H2,1H3. The third kappa shape index (κ3) is 2.76. The molecule has 0 aliphatic carbocycles. The second kappa shape index (κ2) is 5.47. The van der Waals surface area contributed by atoms with Crippen LogP contribution in [0.4, 0.5) is 0 Å². The molecule has 2 nitrogen and oxygen atoms in total. The Kier molecular flexibility index (Phi) is 3.97. The van der Waals surface area contributed by atoms with Crippen molar-refractivity contribution in [2.24, 2.45) is 0 Å². The Morgan fingerprint density at radius 1 is 1.41 bits per heavy atom. The van der Waals surface area contributed by atoms with Gasteiger partial charge in [0.15, 0.2) is 0 Å². The number of halogens is 1. The van der Waals surface area contributed by atoms with Gasteiger partial charge in [-0.1, -0.05) is 22.0 Å². The summed E-state index contributed by atoms with van der Waals surface area (Å²) in [4.78, 5) is 13.0. The number of thiophene rings is 1. The lowest BCUT2D eigenvalue weighted by molar-refractivity contribution is 0.103. The molecule has 0 bridgehead atoms. The molecular formula is C13H11BrO2S. The average molecular weight is 311 g/mol. The maximum Gasteiger partial charge on any atom is 0.206 e. The summed E-state index contributed by atoms with van der Waals surface area (Å²) in [6, 6.07) is 9.18. The number of hydrogen-bond donors (Lipinski definition) is 0. The van der Waals surface area contributed by atoms with Gasteiger partial charge in [-0.25, -0.2) is 0 Å². The Morgan fingerprint density at radius 3 is 2.88 bits per heavy atom. The number of carbonyl (C=O) groups excluding carboxylic acids is 1. The number of hydrogen-bond acceptors (Lipinski definition) is 3. The minimum atomic E-state index is 0.00440. The molecular weight excluding hydrogens is 300 g/mol. The van der Waals surface area contributed by atoms with E-state index < -0.39 is 0 Å². The van der Waals surface area contributed by atoms with Crippen molar-refractivity contribution in [1.29, 1.82) is 0 Å². The summed E-state index contributed by atoms with van der Waals surface area (Å²) in [7, 11) is 0. The Balaban J connectivity index is 2.42. The van der Waals surface area contributed by atoms with Crippen molar-refractivity contribution in [1.82, 2.24) is 0 Å². The van der Waals surface area contributed by atoms with Crippen LogP contribution in [0.25, 0.3) is 0 Å². The number of benzene rings is 1. The van der Waals surface area contributed by atoms with Crippen LogP contribution in [0.5, 0.6) is 5.75 Å². The van der Waals surface area contributed by atoms with Crippen molar-refractivity contribution in [2.45, 2.75) is 6.92 Å². The predicted molar refractivity (Wildman–Crippen MR) is 73.1 cm³/mol. The lowest BCUT2D eigenvalue weighted by Gasteiger charge is -2.08. The molecule has 88 valence electrons. The third-order valence-electron chi connectivity index (χ3n) is 2.23.